The van der Waals surface area contributed by atoms with Gasteiger partial charge in [-0.2, -0.15) is 0 Å². The first kappa shape index (κ1) is 12.1. The smallest absolute Gasteiger partial charge is 0.145 e. The lowest BCUT2D eigenvalue weighted by Crippen LogP contribution is -2.23. The van der Waals surface area contributed by atoms with E-state index in [-0.39, 0.29) is 6.04 Å². The van der Waals surface area contributed by atoms with Crippen LogP contribution in [0.1, 0.15) is 18.3 Å². The maximum atomic E-state index is 11.0. The summed E-state index contributed by atoms with van der Waals surface area (Å²) in [5.41, 5.74) is 1.86. The van der Waals surface area contributed by atoms with E-state index < -0.39 is 10.8 Å². The molecule has 0 saturated heterocycles. The highest BCUT2D eigenvalue weighted by atomic mass is 32.2. The number of anilines is 1. The second kappa shape index (κ2) is 5.21. The van der Waals surface area contributed by atoms with Crippen LogP contribution in [-0.2, 0) is 10.8 Å². The highest BCUT2D eigenvalue weighted by Crippen LogP contribution is 2.07. The van der Waals surface area contributed by atoms with E-state index in [2.05, 4.69) is 15.3 Å². The van der Waals surface area contributed by atoms with Gasteiger partial charge >= 0.3 is 0 Å². The van der Waals surface area contributed by atoms with Crippen LogP contribution in [-0.4, -0.2) is 32.2 Å². The standard InChI is InChI=1S/C10H17N3OS/c1-7(6-15(4)14)12-10-5-11-8(2)9(3)13-10/h5,7H,6H2,1-4H3,(H,12,13). The van der Waals surface area contributed by atoms with Crippen LogP contribution in [0.3, 0.4) is 0 Å². The fraction of sp³-hybridized carbons (Fsp3) is 0.600. The lowest BCUT2D eigenvalue weighted by atomic mass is 10.3. The van der Waals surface area contributed by atoms with E-state index in [4.69, 9.17) is 0 Å². The van der Waals surface area contributed by atoms with Crippen LogP contribution in [0.2, 0.25) is 0 Å². The summed E-state index contributed by atoms with van der Waals surface area (Å²) in [7, 11) is -0.790. The Morgan fingerprint density at radius 2 is 2.13 bits per heavy atom. The third-order valence-corrected chi connectivity index (χ3v) is 3.04. The molecule has 0 radical (unpaired) electrons. The summed E-state index contributed by atoms with van der Waals surface area (Å²) in [4.78, 5) is 8.56. The van der Waals surface area contributed by atoms with Gasteiger partial charge in [0.25, 0.3) is 0 Å². The number of nitrogens with one attached hydrogen (secondary N) is 1. The molecule has 1 heterocycles. The van der Waals surface area contributed by atoms with Gasteiger partial charge in [-0.15, -0.1) is 0 Å². The molecule has 1 N–H and O–H groups in total. The Morgan fingerprint density at radius 1 is 1.47 bits per heavy atom. The van der Waals surface area contributed by atoms with E-state index in [1.807, 2.05) is 20.8 Å². The van der Waals surface area contributed by atoms with Crippen molar-refractivity contribution in [1.82, 2.24) is 9.97 Å². The summed E-state index contributed by atoms with van der Waals surface area (Å²) in [6, 6.07) is 0.146. The molecule has 2 unspecified atom stereocenters. The SMILES string of the molecule is Cc1ncc(NC(C)CS(C)=O)nc1C. The minimum Gasteiger partial charge on any atom is -0.365 e. The van der Waals surface area contributed by atoms with E-state index >= 15 is 0 Å². The van der Waals surface area contributed by atoms with Gasteiger partial charge in [0.05, 0.1) is 17.6 Å². The van der Waals surface area contributed by atoms with E-state index in [0.717, 1.165) is 17.2 Å². The number of hydrogen-bond donors (Lipinski definition) is 1. The zero-order valence-corrected chi connectivity index (χ0v) is 10.4. The maximum absolute atomic E-state index is 11.0. The second-order valence-corrected chi connectivity index (χ2v) is 5.19. The van der Waals surface area contributed by atoms with E-state index in [1.165, 1.54) is 0 Å². The van der Waals surface area contributed by atoms with Crippen molar-refractivity contribution in [2.24, 2.45) is 0 Å². The molecule has 0 aliphatic rings. The molecule has 0 aliphatic heterocycles. The van der Waals surface area contributed by atoms with Crippen molar-refractivity contribution in [2.75, 3.05) is 17.3 Å². The summed E-state index contributed by atoms with van der Waals surface area (Å²) in [5.74, 6) is 1.37. The lowest BCUT2D eigenvalue weighted by molar-refractivity contribution is 0.682. The topological polar surface area (TPSA) is 54.9 Å². The molecule has 1 aromatic rings. The number of rotatable bonds is 4. The Kier molecular flexibility index (Phi) is 4.20. The van der Waals surface area contributed by atoms with Gasteiger partial charge in [-0.05, 0) is 20.8 Å². The Morgan fingerprint density at radius 3 is 2.67 bits per heavy atom. The monoisotopic (exact) mass is 227 g/mol. The minimum absolute atomic E-state index is 0.146. The molecule has 5 heteroatoms. The van der Waals surface area contributed by atoms with Crippen LogP contribution in [0.5, 0.6) is 0 Å². The molecule has 15 heavy (non-hydrogen) atoms. The molecule has 0 bridgehead atoms. The highest BCUT2D eigenvalue weighted by Gasteiger charge is 2.06. The van der Waals surface area contributed by atoms with Gasteiger partial charge in [-0.3, -0.25) is 9.19 Å². The molecule has 1 aromatic heterocycles. The van der Waals surface area contributed by atoms with Crippen LogP contribution in [0.15, 0.2) is 6.20 Å². The molecular weight excluding hydrogens is 210 g/mol. The molecule has 0 amide bonds. The largest absolute Gasteiger partial charge is 0.365 e. The zero-order chi connectivity index (χ0) is 11.4. The summed E-state index contributed by atoms with van der Waals surface area (Å²) in [5, 5.41) is 3.17. The molecule has 0 aromatic carbocycles. The predicted molar refractivity (Wildman–Crippen MR) is 63.5 cm³/mol. The van der Waals surface area contributed by atoms with Crippen LogP contribution in [0.25, 0.3) is 0 Å². The Bertz CT molecular complexity index is 368. The predicted octanol–water partition coefficient (Wildman–Crippen LogP) is 1.27. The number of aryl methyl sites for hydroxylation is 2. The van der Waals surface area contributed by atoms with Gasteiger partial charge in [0, 0.05) is 28.9 Å². The molecule has 4 nitrogen and oxygen atoms in total. The molecule has 0 spiro atoms. The first-order valence-corrected chi connectivity index (χ1v) is 6.58. The maximum Gasteiger partial charge on any atom is 0.145 e. The molecule has 0 fully saturated rings. The normalized spacial score (nSPS) is 14.7. The third-order valence-electron chi connectivity index (χ3n) is 2.07. The first-order valence-electron chi connectivity index (χ1n) is 4.86. The highest BCUT2D eigenvalue weighted by molar-refractivity contribution is 7.84. The summed E-state index contributed by atoms with van der Waals surface area (Å²) < 4.78 is 11.0. The van der Waals surface area contributed by atoms with Gasteiger partial charge in [0.1, 0.15) is 5.82 Å². The van der Waals surface area contributed by atoms with Crippen molar-refractivity contribution in [1.29, 1.82) is 0 Å². The first-order chi connectivity index (χ1) is 6.99. The van der Waals surface area contributed by atoms with Crippen molar-refractivity contribution in [2.45, 2.75) is 26.8 Å². The van der Waals surface area contributed by atoms with Gasteiger partial charge in [-0.25, -0.2) is 4.98 Å². The van der Waals surface area contributed by atoms with Crippen LogP contribution in [0, 0.1) is 13.8 Å². The van der Waals surface area contributed by atoms with E-state index in [9.17, 15) is 4.21 Å². The minimum atomic E-state index is -0.790. The van der Waals surface area contributed by atoms with Crippen LogP contribution < -0.4 is 5.32 Å². The van der Waals surface area contributed by atoms with Crippen molar-refractivity contribution >= 4 is 16.6 Å². The van der Waals surface area contributed by atoms with Crippen molar-refractivity contribution in [3.05, 3.63) is 17.6 Å². The number of aromatic nitrogens is 2. The summed E-state index contributed by atoms with van der Waals surface area (Å²) in [6.45, 7) is 5.84. The van der Waals surface area contributed by atoms with Gasteiger partial charge in [-0.1, -0.05) is 0 Å². The second-order valence-electron chi connectivity index (χ2n) is 3.71. The van der Waals surface area contributed by atoms with Crippen LogP contribution in [0.4, 0.5) is 5.82 Å². The van der Waals surface area contributed by atoms with Gasteiger partial charge in [0.2, 0.25) is 0 Å². The molecule has 0 aliphatic carbocycles. The molecule has 2 atom stereocenters. The van der Waals surface area contributed by atoms with Gasteiger partial charge in [0.15, 0.2) is 0 Å². The zero-order valence-electron chi connectivity index (χ0n) is 9.57. The fourth-order valence-corrected chi connectivity index (χ4v) is 2.05. The molecule has 84 valence electrons. The molecule has 1 rings (SSSR count). The average molecular weight is 227 g/mol. The van der Waals surface area contributed by atoms with Gasteiger partial charge < -0.3 is 5.32 Å². The fourth-order valence-electron chi connectivity index (χ4n) is 1.26. The number of nitrogens with zero attached hydrogens (tertiary/aromatic N) is 2. The summed E-state index contributed by atoms with van der Waals surface area (Å²) >= 11 is 0. The molecular formula is C10H17N3OS. The Balaban J connectivity index is 2.64. The lowest BCUT2D eigenvalue weighted by Gasteiger charge is -2.13. The Labute approximate surface area is 93.0 Å². The van der Waals surface area contributed by atoms with Crippen molar-refractivity contribution < 1.29 is 4.21 Å². The van der Waals surface area contributed by atoms with Crippen molar-refractivity contribution in [3.8, 4) is 0 Å². The van der Waals surface area contributed by atoms with Crippen molar-refractivity contribution in [3.63, 3.8) is 0 Å². The quantitative estimate of drug-likeness (QED) is 0.841. The van der Waals surface area contributed by atoms with E-state index in [0.29, 0.717) is 5.75 Å². The summed E-state index contributed by atoms with van der Waals surface area (Å²) in [6.07, 6.45) is 3.40. The average Bonchev–Trinajstić information content (AvgIpc) is 2.10. The van der Waals surface area contributed by atoms with E-state index in [1.54, 1.807) is 12.5 Å². The third kappa shape index (κ3) is 3.95. The number of hydrogen-bond acceptors (Lipinski definition) is 4. The molecule has 0 saturated carbocycles. The van der Waals surface area contributed by atoms with Crippen LogP contribution >= 0.6 is 0 Å². The Hall–Kier alpha value is -0.970.